The van der Waals surface area contributed by atoms with Crippen LogP contribution in [0.4, 0.5) is 18.0 Å². The van der Waals surface area contributed by atoms with E-state index < -0.39 is 60.6 Å². The number of pyridine rings is 1. The molecule has 2 aromatic carbocycles. The Balaban J connectivity index is 1.45. The number of hydrogen-bond acceptors (Lipinski definition) is 8. The van der Waals surface area contributed by atoms with Crippen LogP contribution in [0.25, 0.3) is 0 Å². The fraction of sp³-hybridized carbons (Fsp3) is 0.367. The predicted molar refractivity (Wildman–Crippen MR) is 154 cm³/mol. The van der Waals surface area contributed by atoms with Crippen molar-refractivity contribution in [2.24, 2.45) is 0 Å². The molecule has 0 bridgehead atoms. The fourth-order valence-corrected chi connectivity index (χ4v) is 6.65. The first kappa shape index (κ1) is 29.9. The number of fused-ring (bicyclic) bond motifs is 3. The van der Waals surface area contributed by atoms with Gasteiger partial charge in [0.15, 0.2) is 5.69 Å². The number of benzene rings is 2. The number of thioether (sulfide) groups is 1. The van der Waals surface area contributed by atoms with E-state index in [4.69, 9.17) is 14.2 Å². The summed E-state index contributed by atoms with van der Waals surface area (Å²) in [6, 6.07) is 13.6. The number of nitrogens with zero attached hydrogens (tertiary/aromatic N) is 4. The molecule has 3 aliphatic heterocycles. The highest BCUT2D eigenvalue weighted by atomic mass is 32.2. The van der Waals surface area contributed by atoms with Crippen molar-refractivity contribution in [3.05, 3.63) is 93.4 Å². The molecule has 1 aromatic heterocycles. The first-order valence-corrected chi connectivity index (χ1v) is 15.0. The molecule has 0 saturated carbocycles. The van der Waals surface area contributed by atoms with Crippen LogP contribution in [-0.2, 0) is 15.2 Å². The molecule has 6 rings (SSSR count). The lowest BCUT2D eigenvalue weighted by atomic mass is 9.94. The van der Waals surface area contributed by atoms with Gasteiger partial charge in [0, 0.05) is 36.0 Å². The van der Waals surface area contributed by atoms with Crippen molar-refractivity contribution in [2.75, 3.05) is 44.8 Å². The summed E-state index contributed by atoms with van der Waals surface area (Å²) in [4.78, 5) is 42.4. The molecule has 3 aliphatic rings. The Morgan fingerprint density at radius 1 is 1.05 bits per heavy atom. The Morgan fingerprint density at radius 3 is 2.50 bits per heavy atom. The molecule has 0 radical (unpaired) electrons. The molecule has 0 N–H and O–H groups in total. The summed E-state index contributed by atoms with van der Waals surface area (Å²) < 4.78 is 59.9. The van der Waals surface area contributed by atoms with E-state index in [2.05, 4.69) is 0 Å². The molecule has 0 unspecified atom stereocenters. The van der Waals surface area contributed by atoms with E-state index in [-0.39, 0.29) is 0 Å². The summed E-state index contributed by atoms with van der Waals surface area (Å²) >= 11 is 1.61. The number of carbonyl (C=O) groups excluding carboxylic acids is 2. The number of aromatic nitrogens is 1. The summed E-state index contributed by atoms with van der Waals surface area (Å²) in [5, 5.41) is 1.63. The zero-order chi connectivity index (χ0) is 31.0. The highest BCUT2D eigenvalue weighted by molar-refractivity contribution is 7.98. The van der Waals surface area contributed by atoms with Gasteiger partial charge < -0.3 is 24.0 Å². The lowest BCUT2D eigenvalue weighted by Crippen LogP contribution is -2.60. The van der Waals surface area contributed by atoms with Gasteiger partial charge in [0.05, 0.1) is 19.3 Å². The molecule has 10 nitrogen and oxygen atoms in total. The zero-order valence-electron chi connectivity index (χ0n) is 23.7. The van der Waals surface area contributed by atoms with Crippen LogP contribution >= 0.6 is 11.8 Å². The number of halogens is 3. The van der Waals surface area contributed by atoms with Crippen LogP contribution in [0.5, 0.6) is 5.75 Å². The third-order valence-electron chi connectivity index (χ3n) is 7.91. The monoisotopic (exact) mass is 630 g/mol. The van der Waals surface area contributed by atoms with Crippen molar-refractivity contribution in [1.29, 1.82) is 0 Å². The van der Waals surface area contributed by atoms with Crippen LogP contribution in [0, 0.1) is 0 Å². The predicted octanol–water partition coefficient (Wildman–Crippen LogP) is 4.35. The number of carbonyl (C=O) groups is 2. The lowest BCUT2D eigenvalue weighted by Gasteiger charge is -2.46. The van der Waals surface area contributed by atoms with Gasteiger partial charge in [-0.05, 0) is 29.7 Å². The number of hydrogen-bond donors (Lipinski definition) is 0. The van der Waals surface area contributed by atoms with Gasteiger partial charge in [-0.15, -0.1) is 11.8 Å². The number of alkyl halides is 3. The normalized spacial score (nSPS) is 19.0. The Kier molecular flexibility index (Phi) is 8.20. The second kappa shape index (κ2) is 12.1. The number of morpholine rings is 1. The Hall–Kier alpha value is -4.17. The van der Waals surface area contributed by atoms with E-state index >= 15 is 0 Å². The smallest absolute Gasteiger partial charge is 0.412 e. The zero-order valence-corrected chi connectivity index (χ0v) is 24.5. The van der Waals surface area contributed by atoms with Crippen molar-refractivity contribution >= 4 is 23.8 Å². The molecule has 1 fully saturated rings. The van der Waals surface area contributed by atoms with Crippen LogP contribution < -0.4 is 15.2 Å². The Morgan fingerprint density at radius 2 is 1.75 bits per heavy atom. The average Bonchev–Trinajstić information content (AvgIpc) is 3.19. The molecule has 232 valence electrons. The van der Waals surface area contributed by atoms with E-state index in [9.17, 15) is 27.6 Å². The largest absolute Gasteiger partial charge is 0.451 e. The molecule has 0 spiro atoms. The molecule has 44 heavy (non-hydrogen) atoms. The number of ether oxygens (including phenoxy) is 3. The quantitative estimate of drug-likeness (QED) is 0.385. The van der Waals surface area contributed by atoms with Gasteiger partial charge >= 0.3 is 12.3 Å². The average molecular weight is 631 g/mol. The summed E-state index contributed by atoms with van der Waals surface area (Å²) in [7, 11) is 0. The van der Waals surface area contributed by atoms with E-state index in [0.717, 1.165) is 28.5 Å². The summed E-state index contributed by atoms with van der Waals surface area (Å²) in [5.74, 6) is -0.914. The summed E-state index contributed by atoms with van der Waals surface area (Å²) in [6.07, 6.45) is -4.09. The van der Waals surface area contributed by atoms with Gasteiger partial charge in [0.25, 0.3) is 5.91 Å². The number of amides is 2. The molecule has 0 aliphatic carbocycles. The summed E-state index contributed by atoms with van der Waals surface area (Å²) in [6.45, 7) is 1.04. The van der Waals surface area contributed by atoms with Gasteiger partial charge in [-0.25, -0.2) is 4.79 Å². The van der Waals surface area contributed by atoms with Crippen molar-refractivity contribution in [3.8, 4) is 5.75 Å². The van der Waals surface area contributed by atoms with E-state index in [0.29, 0.717) is 37.0 Å². The van der Waals surface area contributed by atoms with Crippen molar-refractivity contribution < 1.29 is 37.0 Å². The van der Waals surface area contributed by atoms with Crippen LogP contribution in [-0.4, -0.2) is 78.5 Å². The molecule has 1 saturated heterocycles. The van der Waals surface area contributed by atoms with Crippen LogP contribution in [0.2, 0.25) is 0 Å². The third-order valence-corrected chi connectivity index (χ3v) is 9.05. The first-order chi connectivity index (χ1) is 21.1. The van der Waals surface area contributed by atoms with Gasteiger partial charge in [-0.2, -0.15) is 13.2 Å². The van der Waals surface area contributed by atoms with E-state index in [1.807, 2.05) is 48.5 Å². The fourth-order valence-electron chi connectivity index (χ4n) is 5.55. The van der Waals surface area contributed by atoms with Crippen molar-refractivity contribution in [1.82, 2.24) is 14.5 Å². The highest BCUT2D eigenvalue weighted by Gasteiger charge is 2.48. The molecule has 3 aromatic rings. The third kappa shape index (κ3) is 5.59. The maximum Gasteiger partial charge on any atom is 0.412 e. The molecule has 2 atom stereocenters. The van der Waals surface area contributed by atoms with Gasteiger partial charge in [0.1, 0.15) is 12.7 Å². The molecule has 14 heteroatoms. The molecular weight excluding hydrogens is 601 g/mol. The Bertz CT molecular complexity index is 1580. The van der Waals surface area contributed by atoms with Gasteiger partial charge in [-0.1, -0.05) is 42.5 Å². The second-order valence-electron chi connectivity index (χ2n) is 10.5. The van der Waals surface area contributed by atoms with Crippen LogP contribution in [0.15, 0.2) is 70.5 Å². The van der Waals surface area contributed by atoms with Crippen LogP contribution in [0.3, 0.4) is 0 Å². The highest BCUT2D eigenvalue weighted by Crippen LogP contribution is 2.43. The molecule has 2 amide bonds. The van der Waals surface area contributed by atoms with Gasteiger partial charge in [-0.3, -0.25) is 19.3 Å². The maximum atomic E-state index is 14.2. The standard InChI is InChI=1S/C30H29F3N4O6S/c1-19(30(31,32)33)35-17-37(25-21-7-3-2-6-20(21)16-44-24-9-5-4-8-22(24)25)36-11-10-23(38)27(26(36)28(35)39)42-18-43-29(40)34-12-14-41-15-13-34/h2-11,19,25H,12-18H2,1H3/t19-,25+/m1/s1. The summed E-state index contributed by atoms with van der Waals surface area (Å²) in [5.41, 5.74) is 1.54. The number of rotatable bonds is 5. The minimum atomic E-state index is -4.75. The van der Waals surface area contributed by atoms with Crippen molar-refractivity contribution in [2.45, 2.75) is 35.8 Å². The maximum absolute atomic E-state index is 14.2. The second-order valence-corrected chi connectivity index (χ2v) is 11.5. The first-order valence-electron chi connectivity index (χ1n) is 14.0. The van der Waals surface area contributed by atoms with Crippen LogP contribution in [0.1, 0.15) is 40.1 Å². The lowest BCUT2D eigenvalue weighted by molar-refractivity contribution is -0.173. The van der Waals surface area contributed by atoms with Crippen molar-refractivity contribution in [3.63, 3.8) is 0 Å². The molecular formula is C30H29F3N4O6S. The van der Waals surface area contributed by atoms with Gasteiger partial charge in [0.2, 0.25) is 18.0 Å². The molecule has 4 heterocycles. The minimum absolute atomic E-state index is 0.308. The topological polar surface area (TPSA) is 93.5 Å². The Labute approximate surface area is 254 Å². The van der Waals surface area contributed by atoms with E-state index in [1.165, 1.54) is 21.8 Å². The minimum Gasteiger partial charge on any atom is -0.451 e. The van der Waals surface area contributed by atoms with E-state index in [1.54, 1.807) is 16.8 Å². The SMILES string of the molecule is C[C@@H](N1CN([C@H]2c3ccccc3CSc3ccccc32)n2ccc(=O)c(OCOC(=O)N3CCOCC3)c2C1=O)C(F)(F)F.